The second kappa shape index (κ2) is 8.62. The molecule has 0 spiro atoms. The topological polar surface area (TPSA) is 67.4 Å². The standard InChI is InChI=1S/C27H34N2O3S/c30-33(31,29-21-11-10-18-6-4-5-9-20(18)16-21)22-12-13-25-24(17-22)27-23(14-15-32-27)26(28-25)19-7-2-1-3-8-19/h10-13,16-17,19,23,26-29H,1-9,14-15H2/t23-,26-,27?/m0/s1. The Morgan fingerprint density at radius 3 is 2.55 bits per heavy atom. The molecule has 2 heterocycles. The maximum Gasteiger partial charge on any atom is 0.261 e. The van der Waals surface area contributed by atoms with Gasteiger partial charge < -0.3 is 10.1 Å². The molecule has 3 atom stereocenters. The second-order valence-corrected chi connectivity index (χ2v) is 12.0. The Labute approximate surface area is 197 Å². The average molecular weight is 467 g/mol. The number of hydrogen-bond acceptors (Lipinski definition) is 4. The van der Waals surface area contributed by atoms with E-state index in [9.17, 15) is 8.42 Å². The summed E-state index contributed by atoms with van der Waals surface area (Å²) in [5.41, 5.74) is 5.31. The Hall–Kier alpha value is -2.05. The van der Waals surface area contributed by atoms with E-state index in [1.165, 1.54) is 56.1 Å². The minimum atomic E-state index is -3.67. The molecule has 1 saturated carbocycles. The molecule has 2 aromatic rings. The van der Waals surface area contributed by atoms with Gasteiger partial charge >= 0.3 is 0 Å². The van der Waals surface area contributed by atoms with Crippen LogP contribution < -0.4 is 10.0 Å². The molecule has 6 rings (SSSR count). The number of anilines is 2. The van der Waals surface area contributed by atoms with Crippen LogP contribution in [0.4, 0.5) is 11.4 Å². The van der Waals surface area contributed by atoms with Gasteiger partial charge in [-0.2, -0.15) is 0 Å². The molecule has 4 aliphatic rings. The van der Waals surface area contributed by atoms with E-state index in [0.29, 0.717) is 28.5 Å². The van der Waals surface area contributed by atoms with E-state index in [4.69, 9.17) is 4.74 Å². The van der Waals surface area contributed by atoms with Gasteiger partial charge in [0.15, 0.2) is 0 Å². The van der Waals surface area contributed by atoms with Crippen molar-refractivity contribution in [2.75, 3.05) is 16.6 Å². The fourth-order valence-electron chi connectivity index (χ4n) is 6.63. The molecule has 0 aromatic heterocycles. The zero-order valence-corrected chi connectivity index (χ0v) is 20.0. The summed E-state index contributed by atoms with van der Waals surface area (Å²) in [7, 11) is -3.67. The largest absolute Gasteiger partial charge is 0.381 e. The number of aryl methyl sites for hydroxylation is 2. The fraction of sp³-hybridized carbons (Fsp3) is 0.556. The molecule has 33 heavy (non-hydrogen) atoms. The van der Waals surface area contributed by atoms with Gasteiger partial charge in [0.25, 0.3) is 10.0 Å². The molecule has 2 N–H and O–H groups in total. The third kappa shape index (κ3) is 4.06. The third-order valence-electron chi connectivity index (χ3n) is 8.32. The van der Waals surface area contributed by atoms with Crippen molar-refractivity contribution in [3.63, 3.8) is 0 Å². The van der Waals surface area contributed by atoms with Crippen LogP contribution in [-0.2, 0) is 27.6 Å². The van der Waals surface area contributed by atoms with E-state index in [1.54, 1.807) is 6.07 Å². The SMILES string of the molecule is O=S(=O)(Nc1ccc2c(c1)CCCC2)c1ccc2c(c1)C1OCC[C@H]1[C@H](C1CCCCC1)N2. The Morgan fingerprint density at radius 2 is 1.70 bits per heavy atom. The van der Waals surface area contributed by atoms with Gasteiger partial charge in [-0.05, 0) is 92.3 Å². The molecule has 176 valence electrons. The lowest BCUT2D eigenvalue weighted by Crippen LogP contribution is -2.42. The summed E-state index contributed by atoms with van der Waals surface area (Å²) in [5, 5.41) is 3.81. The molecule has 5 nitrogen and oxygen atoms in total. The van der Waals surface area contributed by atoms with Crippen LogP contribution in [0.3, 0.4) is 0 Å². The van der Waals surface area contributed by atoms with E-state index in [0.717, 1.165) is 37.1 Å². The fourth-order valence-corrected chi connectivity index (χ4v) is 7.71. The highest BCUT2D eigenvalue weighted by Crippen LogP contribution is 2.48. The molecule has 2 aromatic carbocycles. The minimum absolute atomic E-state index is 0.00734. The van der Waals surface area contributed by atoms with Crippen molar-refractivity contribution >= 4 is 21.4 Å². The Bertz CT molecular complexity index is 1140. The van der Waals surface area contributed by atoms with Gasteiger partial charge in [-0.3, -0.25) is 4.72 Å². The maximum atomic E-state index is 13.3. The highest BCUT2D eigenvalue weighted by molar-refractivity contribution is 7.92. The number of nitrogens with one attached hydrogen (secondary N) is 2. The zero-order valence-electron chi connectivity index (χ0n) is 19.2. The van der Waals surface area contributed by atoms with Crippen LogP contribution in [0.2, 0.25) is 0 Å². The summed E-state index contributed by atoms with van der Waals surface area (Å²) in [6.07, 6.45) is 12.1. The number of sulfonamides is 1. The van der Waals surface area contributed by atoms with Crippen LogP contribution in [-0.4, -0.2) is 21.1 Å². The van der Waals surface area contributed by atoms with Crippen molar-refractivity contribution in [2.24, 2.45) is 11.8 Å². The third-order valence-corrected chi connectivity index (χ3v) is 9.70. The Morgan fingerprint density at radius 1 is 0.879 bits per heavy atom. The predicted molar refractivity (Wildman–Crippen MR) is 131 cm³/mol. The molecule has 6 heteroatoms. The van der Waals surface area contributed by atoms with Crippen molar-refractivity contribution in [1.29, 1.82) is 0 Å². The Balaban J connectivity index is 1.27. The lowest BCUT2D eigenvalue weighted by Gasteiger charge is -2.42. The summed E-state index contributed by atoms with van der Waals surface area (Å²) in [4.78, 5) is 0.311. The molecule has 2 aliphatic heterocycles. The van der Waals surface area contributed by atoms with Gasteiger partial charge in [-0.1, -0.05) is 25.3 Å². The summed E-state index contributed by atoms with van der Waals surface area (Å²) >= 11 is 0. The highest BCUT2D eigenvalue weighted by Gasteiger charge is 2.44. The number of ether oxygens (including phenoxy) is 1. The van der Waals surface area contributed by atoms with E-state index >= 15 is 0 Å². The van der Waals surface area contributed by atoms with Crippen LogP contribution in [0.15, 0.2) is 41.3 Å². The monoisotopic (exact) mass is 466 g/mol. The van der Waals surface area contributed by atoms with E-state index < -0.39 is 10.0 Å². The van der Waals surface area contributed by atoms with Gasteiger partial charge in [0.2, 0.25) is 0 Å². The first-order valence-electron chi connectivity index (χ1n) is 12.8. The molecule has 0 amide bonds. The molecule has 1 unspecified atom stereocenters. The van der Waals surface area contributed by atoms with Crippen LogP contribution in [0.5, 0.6) is 0 Å². The van der Waals surface area contributed by atoms with Gasteiger partial charge in [0, 0.05) is 35.5 Å². The second-order valence-electron chi connectivity index (χ2n) is 10.4. The molecule has 2 fully saturated rings. The van der Waals surface area contributed by atoms with Crippen molar-refractivity contribution in [3.05, 3.63) is 53.1 Å². The first kappa shape index (κ1) is 21.5. The van der Waals surface area contributed by atoms with Crippen LogP contribution >= 0.6 is 0 Å². The average Bonchev–Trinajstić information content (AvgIpc) is 3.34. The predicted octanol–water partition coefficient (Wildman–Crippen LogP) is 5.82. The molecule has 2 aliphatic carbocycles. The van der Waals surface area contributed by atoms with E-state index in [1.807, 2.05) is 24.3 Å². The summed E-state index contributed by atoms with van der Waals surface area (Å²) in [5.74, 6) is 1.11. The lowest BCUT2D eigenvalue weighted by atomic mass is 9.73. The van der Waals surface area contributed by atoms with Crippen molar-refractivity contribution in [2.45, 2.75) is 81.2 Å². The quantitative estimate of drug-likeness (QED) is 0.596. The van der Waals surface area contributed by atoms with E-state index in [2.05, 4.69) is 16.1 Å². The van der Waals surface area contributed by atoms with Crippen molar-refractivity contribution in [3.8, 4) is 0 Å². The molecule has 1 saturated heterocycles. The molecular weight excluding hydrogens is 432 g/mol. The molecule has 0 radical (unpaired) electrons. The maximum absolute atomic E-state index is 13.3. The van der Waals surface area contributed by atoms with Gasteiger partial charge in [-0.25, -0.2) is 8.42 Å². The smallest absolute Gasteiger partial charge is 0.261 e. The summed E-state index contributed by atoms with van der Waals surface area (Å²) in [6, 6.07) is 11.9. The van der Waals surface area contributed by atoms with Crippen molar-refractivity contribution in [1.82, 2.24) is 0 Å². The van der Waals surface area contributed by atoms with Crippen molar-refractivity contribution < 1.29 is 13.2 Å². The number of rotatable bonds is 4. The summed E-state index contributed by atoms with van der Waals surface area (Å²) < 4.78 is 35.6. The molecule has 0 bridgehead atoms. The van der Waals surface area contributed by atoms with Gasteiger partial charge in [0.05, 0.1) is 11.0 Å². The van der Waals surface area contributed by atoms with Gasteiger partial charge in [-0.15, -0.1) is 0 Å². The van der Waals surface area contributed by atoms with Crippen LogP contribution in [0.25, 0.3) is 0 Å². The van der Waals surface area contributed by atoms with Crippen LogP contribution in [0, 0.1) is 11.8 Å². The first-order valence-corrected chi connectivity index (χ1v) is 14.2. The van der Waals surface area contributed by atoms with Crippen LogP contribution in [0.1, 0.15) is 74.2 Å². The van der Waals surface area contributed by atoms with E-state index in [-0.39, 0.29) is 6.10 Å². The minimum Gasteiger partial charge on any atom is -0.381 e. The summed E-state index contributed by atoms with van der Waals surface area (Å²) in [6.45, 7) is 0.754. The van der Waals surface area contributed by atoms with Gasteiger partial charge in [0.1, 0.15) is 0 Å². The molecular formula is C27H34N2O3S. The number of benzene rings is 2. The highest BCUT2D eigenvalue weighted by atomic mass is 32.2. The Kier molecular flexibility index (Phi) is 5.61. The first-order chi connectivity index (χ1) is 16.1. The lowest BCUT2D eigenvalue weighted by molar-refractivity contribution is 0.0730. The number of hydrogen-bond donors (Lipinski definition) is 2. The zero-order chi connectivity index (χ0) is 22.4. The normalized spacial score (nSPS) is 27.2. The number of fused-ring (bicyclic) bond motifs is 4.